The SMILES string of the molecule is CC1CCN2C(=O)c3ccccc3NCC12. The molecule has 84 valence electrons. The summed E-state index contributed by atoms with van der Waals surface area (Å²) in [4.78, 5) is 14.4. The van der Waals surface area contributed by atoms with Gasteiger partial charge in [0.25, 0.3) is 5.91 Å². The van der Waals surface area contributed by atoms with Gasteiger partial charge in [-0.2, -0.15) is 0 Å². The van der Waals surface area contributed by atoms with Crippen molar-refractivity contribution in [3.05, 3.63) is 29.8 Å². The minimum atomic E-state index is 0.190. The maximum atomic E-state index is 12.3. The molecule has 0 aliphatic carbocycles. The van der Waals surface area contributed by atoms with Crippen LogP contribution in [0.15, 0.2) is 24.3 Å². The minimum absolute atomic E-state index is 0.190. The van der Waals surface area contributed by atoms with Crippen LogP contribution in [0.5, 0.6) is 0 Å². The van der Waals surface area contributed by atoms with Crippen LogP contribution in [0.3, 0.4) is 0 Å². The van der Waals surface area contributed by atoms with Crippen molar-refractivity contribution in [1.29, 1.82) is 0 Å². The van der Waals surface area contributed by atoms with E-state index < -0.39 is 0 Å². The molecule has 1 saturated heterocycles. The van der Waals surface area contributed by atoms with E-state index in [0.29, 0.717) is 12.0 Å². The highest BCUT2D eigenvalue weighted by atomic mass is 16.2. The largest absolute Gasteiger partial charge is 0.382 e. The summed E-state index contributed by atoms with van der Waals surface area (Å²) in [5.41, 5.74) is 1.80. The molecule has 1 fully saturated rings. The van der Waals surface area contributed by atoms with Crippen molar-refractivity contribution in [3.8, 4) is 0 Å². The van der Waals surface area contributed by atoms with Crippen LogP contribution < -0.4 is 5.32 Å². The smallest absolute Gasteiger partial charge is 0.256 e. The van der Waals surface area contributed by atoms with Crippen LogP contribution in [0.4, 0.5) is 5.69 Å². The van der Waals surface area contributed by atoms with Crippen LogP contribution in [0.2, 0.25) is 0 Å². The van der Waals surface area contributed by atoms with Gasteiger partial charge >= 0.3 is 0 Å². The molecule has 2 aliphatic rings. The molecule has 3 heteroatoms. The molecule has 0 spiro atoms. The van der Waals surface area contributed by atoms with Crippen LogP contribution in [0.1, 0.15) is 23.7 Å². The molecule has 0 bridgehead atoms. The van der Waals surface area contributed by atoms with Gasteiger partial charge in [0.2, 0.25) is 0 Å². The quantitative estimate of drug-likeness (QED) is 0.719. The number of fused-ring (bicyclic) bond motifs is 2. The molecule has 3 nitrogen and oxygen atoms in total. The number of nitrogens with one attached hydrogen (secondary N) is 1. The van der Waals surface area contributed by atoms with Crippen LogP contribution in [-0.4, -0.2) is 29.9 Å². The molecule has 1 amide bonds. The number of para-hydroxylation sites is 1. The van der Waals surface area contributed by atoms with Crippen molar-refractivity contribution >= 4 is 11.6 Å². The Hall–Kier alpha value is -1.51. The van der Waals surface area contributed by atoms with Gasteiger partial charge in [-0.1, -0.05) is 19.1 Å². The maximum Gasteiger partial charge on any atom is 0.256 e. The van der Waals surface area contributed by atoms with Crippen LogP contribution in [-0.2, 0) is 0 Å². The molecule has 2 aliphatic heterocycles. The third-order valence-electron chi connectivity index (χ3n) is 3.80. The summed E-state index contributed by atoms with van der Waals surface area (Å²) in [6, 6.07) is 8.16. The highest BCUT2D eigenvalue weighted by Gasteiger charge is 2.37. The van der Waals surface area contributed by atoms with E-state index in [1.807, 2.05) is 29.2 Å². The Kier molecular flexibility index (Phi) is 2.13. The van der Waals surface area contributed by atoms with E-state index in [1.54, 1.807) is 0 Å². The average Bonchev–Trinajstić information content (AvgIpc) is 2.60. The van der Waals surface area contributed by atoms with Gasteiger partial charge in [-0.25, -0.2) is 0 Å². The number of rotatable bonds is 0. The lowest BCUT2D eigenvalue weighted by Crippen LogP contribution is -2.39. The molecule has 0 saturated carbocycles. The Labute approximate surface area is 95.4 Å². The normalized spacial score (nSPS) is 28.1. The Morgan fingerprint density at radius 1 is 1.38 bits per heavy atom. The number of nitrogens with zero attached hydrogens (tertiary/aromatic N) is 1. The Bertz CT molecular complexity index is 430. The van der Waals surface area contributed by atoms with Crippen molar-refractivity contribution in [2.24, 2.45) is 5.92 Å². The fourth-order valence-corrected chi connectivity index (χ4v) is 2.76. The zero-order valence-electron chi connectivity index (χ0n) is 9.44. The first-order valence-electron chi connectivity index (χ1n) is 5.91. The topological polar surface area (TPSA) is 32.3 Å². The Morgan fingerprint density at radius 3 is 3.06 bits per heavy atom. The summed E-state index contributed by atoms with van der Waals surface area (Å²) in [7, 11) is 0. The predicted octanol–water partition coefficient (Wildman–Crippen LogP) is 1.96. The second-order valence-corrected chi connectivity index (χ2v) is 4.76. The molecule has 1 aromatic rings. The Balaban J connectivity index is 2.02. The molecule has 2 atom stereocenters. The lowest BCUT2D eigenvalue weighted by Gasteiger charge is -2.24. The summed E-state index contributed by atoms with van der Waals surface area (Å²) in [5.74, 6) is 0.792. The standard InChI is InChI=1S/C13H16N2O/c1-9-6-7-15-12(9)8-14-11-5-3-2-4-10(11)13(15)16/h2-5,9,12,14H,6-8H2,1H3. The maximum absolute atomic E-state index is 12.3. The van der Waals surface area contributed by atoms with Gasteiger partial charge in [0, 0.05) is 18.8 Å². The average molecular weight is 216 g/mol. The first kappa shape index (κ1) is 9.70. The molecule has 3 rings (SSSR count). The highest BCUT2D eigenvalue weighted by Crippen LogP contribution is 2.30. The van der Waals surface area contributed by atoms with Gasteiger partial charge in [0.05, 0.1) is 11.6 Å². The summed E-state index contributed by atoms with van der Waals surface area (Å²) >= 11 is 0. The Morgan fingerprint density at radius 2 is 2.19 bits per heavy atom. The minimum Gasteiger partial charge on any atom is -0.382 e. The molecule has 1 aromatic carbocycles. The predicted molar refractivity (Wildman–Crippen MR) is 63.5 cm³/mol. The lowest BCUT2D eigenvalue weighted by atomic mass is 10.0. The van der Waals surface area contributed by atoms with E-state index >= 15 is 0 Å². The first-order chi connectivity index (χ1) is 7.77. The molecule has 1 N–H and O–H groups in total. The zero-order valence-corrected chi connectivity index (χ0v) is 9.44. The second kappa shape index (κ2) is 3.51. The molecule has 2 heterocycles. The zero-order chi connectivity index (χ0) is 11.1. The molecular weight excluding hydrogens is 200 g/mol. The van der Waals surface area contributed by atoms with Gasteiger partial charge in [-0.3, -0.25) is 4.79 Å². The van der Waals surface area contributed by atoms with Crippen molar-refractivity contribution in [2.75, 3.05) is 18.4 Å². The van der Waals surface area contributed by atoms with Gasteiger partial charge in [0.1, 0.15) is 0 Å². The molecule has 0 aromatic heterocycles. The van der Waals surface area contributed by atoms with Crippen molar-refractivity contribution in [1.82, 2.24) is 4.90 Å². The summed E-state index contributed by atoms with van der Waals surface area (Å²) in [5, 5.41) is 3.39. The van der Waals surface area contributed by atoms with Gasteiger partial charge in [0.15, 0.2) is 0 Å². The van der Waals surface area contributed by atoms with Crippen LogP contribution in [0, 0.1) is 5.92 Å². The number of anilines is 1. The third kappa shape index (κ3) is 1.31. The summed E-state index contributed by atoms with van der Waals surface area (Å²) in [6.45, 7) is 4.01. The van der Waals surface area contributed by atoms with Gasteiger partial charge < -0.3 is 10.2 Å². The van der Waals surface area contributed by atoms with E-state index in [0.717, 1.165) is 30.8 Å². The number of benzene rings is 1. The number of carbonyl (C=O) groups is 1. The van der Waals surface area contributed by atoms with Crippen molar-refractivity contribution in [3.63, 3.8) is 0 Å². The van der Waals surface area contributed by atoms with E-state index in [2.05, 4.69) is 12.2 Å². The number of carbonyl (C=O) groups excluding carboxylic acids is 1. The fraction of sp³-hybridized carbons (Fsp3) is 0.462. The van der Waals surface area contributed by atoms with Crippen molar-refractivity contribution < 1.29 is 4.79 Å². The van der Waals surface area contributed by atoms with Crippen molar-refractivity contribution in [2.45, 2.75) is 19.4 Å². The molecule has 2 unspecified atom stereocenters. The second-order valence-electron chi connectivity index (χ2n) is 4.76. The number of hydrogen-bond donors (Lipinski definition) is 1. The summed E-state index contributed by atoms with van der Waals surface area (Å²) < 4.78 is 0. The fourth-order valence-electron chi connectivity index (χ4n) is 2.76. The van der Waals surface area contributed by atoms with E-state index in [9.17, 15) is 4.79 Å². The highest BCUT2D eigenvalue weighted by molar-refractivity contribution is 6.00. The third-order valence-corrected chi connectivity index (χ3v) is 3.80. The van der Waals surface area contributed by atoms with Crippen LogP contribution in [0.25, 0.3) is 0 Å². The van der Waals surface area contributed by atoms with E-state index in [4.69, 9.17) is 0 Å². The van der Waals surface area contributed by atoms with Crippen LogP contribution >= 0.6 is 0 Å². The molecule has 0 radical (unpaired) electrons. The van der Waals surface area contributed by atoms with E-state index in [1.165, 1.54) is 0 Å². The monoisotopic (exact) mass is 216 g/mol. The number of hydrogen-bond acceptors (Lipinski definition) is 2. The van der Waals surface area contributed by atoms with Gasteiger partial charge in [-0.05, 0) is 24.5 Å². The number of amides is 1. The van der Waals surface area contributed by atoms with E-state index in [-0.39, 0.29) is 5.91 Å². The van der Waals surface area contributed by atoms with Gasteiger partial charge in [-0.15, -0.1) is 0 Å². The summed E-state index contributed by atoms with van der Waals surface area (Å²) in [6.07, 6.45) is 1.13. The lowest BCUT2D eigenvalue weighted by molar-refractivity contribution is 0.0737. The molecule has 16 heavy (non-hydrogen) atoms. The first-order valence-corrected chi connectivity index (χ1v) is 5.91. The molecular formula is C13H16N2O.